The predicted molar refractivity (Wildman–Crippen MR) is 93.7 cm³/mol. The standard InChI is InChI=1S/C19H21NO2.ClH/c1-2-5-15(6-3-1)16-12-17(16)20-13-14-7-8-18-19(11-14)22-10-4-9-21-18;/h1-3,5-8,11,16-17,20H,4,9-10,12-13H2;1H/t16?,17-;/m0./s1. The van der Waals surface area contributed by atoms with Gasteiger partial charge in [0.2, 0.25) is 0 Å². The van der Waals surface area contributed by atoms with Gasteiger partial charge in [-0.1, -0.05) is 36.4 Å². The number of hydrogen-bond acceptors (Lipinski definition) is 3. The molecular formula is C19H22ClNO2. The van der Waals surface area contributed by atoms with E-state index in [4.69, 9.17) is 9.47 Å². The van der Waals surface area contributed by atoms with E-state index in [0.717, 1.165) is 37.7 Å². The van der Waals surface area contributed by atoms with Crippen LogP contribution in [0, 0.1) is 0 Å². The van der Waals surface area contributed by atoms with Crippen molar-refractivity contribution in [3.63, 3.8) is 0 Å². The Labute approximate surface area is 143 Å². The molecule has 2 atom stereocenters. The maximum absolute atomic E-state index is 5.75. The third-order valence-electron chi connectivity index (χ3n) is 4.40. The molecule has 1 unspecified atom stereocenters. The Balaban J connectivity index is 0.00000156. The van der Waals surface area contributed by atoms with Crippen molar-refractivity contribution in [3.8, 4) is 11.5 Å². The van der Waals surface area contributed by atoms with Gasteiger partial charge in [-0.3, -0.25) is 0 Å². The van der Waals surface area contributed by atoms with Crippen LogP contribution in [0.5, 0.6) is 11.5 Å². The Kier molecular flexibility index (Phi) is 5.09. The average Bonchev–Trinajstić information content (AvgIpc) is 3.37. The van der Waals surface area contributed by atoms with Crippen molar-refractivity contribution < 1.29 is 9.47 Å². The van der Waals surface area contributed by atoms with E-state index in [-0.39, 0.29) is 12.4 Å². The lowest BCUT2D eigenvalue weighted by molar-refractivity contribution is 0.297. The summed E-state index contributed by atoms with van der Waals surface area (Å²) in [4.78, 5) is 0. The van der Waals surface area contributed by atoms with Gasteiger partial charge in [0.15, 0.2) is 11.5 Å². The van der Waals surface area contributed by atoms with Crippen molar-refractivity contribution in [2.75, 3.05) is 13.2 Å². The zero-order valence-electron chi connectivity index (χ0n) is 13.0. The van der Waals surface area contributed by atoms with Crippen LogP contribution in [0.15, 0.2) is 48.5 Å². The zero-order valence-corrected chi connectivity index (χ0v) is 13.9. The molecule has 4 rings (SSSR count). The van der Waals surface area contributed by atoms with Crippen molar-refractivity contribution in [1.82, 2.24) is 5.32 Å². The zero-order chi connectivity index (χ0) is 14.8. The molecule has 0 spiro atoms. The van der Waals surface area contributed by atoms with Crippen LogP contribution in [-0.4, -0.2) is 19.3 Å². The largest absolute Gasteiger partial charge is 0.490 e. The fourth-order valence-electron chi connectivity index (χ4n) is 3.06. The van der Waals surface area contributed by atoms with E-state index in [2.05, 4.69) is 47.8 Å². The summed E-state index contributed by atoms with van der Waals surface area (Å²) in [7, 11) is 0. The van der Waals surface area contributed by atoms with E-state index >= 15 is 0 Å². The quantitative estimate of drug-likeness (QED) is 0.921. The van der Waals surface area contributed by atoms with E-state index in [9.17, 15) is 0 Å². The van der Waals surface area contributed by atoms with Crippen LogP contribution in [0.3, 0.4) is 0 Å². The molecule has 4 heteroatoms. The normalized spacial score (nSPS) is 21.9. The summed E-state index contributed by atoms with van der Waals surface area (Å²) in [6.07, 6.45) is 2.18. The topological polar surface area (TPSA) is 30.5 Å². The molecule has 0 bridgehead atoms. The molecule has 1 aliphatic carbocycles. The van der Waals surface area contributed by atoms with Gasteiger partial charge in [0.1, 0.15) is 0 Å². The molecule has 1 aliphatic heterocycles. The summed E-state index contributed by atoms with van der Waals surface area (Å²) < 4.78 is 11.4. The first kappa shape index (κ1) is 16.2. The molecule has 1 fully saturated rings. The lowest BCUT2D eigenvalue weighted by Gasteiger charge is -2.10. The number of rotatable bonds is 4. The predicted octanol–water partition coefficient (Wildman–Crippen LogP) is 3.92. The maximum atomic E-state index is 5.75. The van der Waals surface area contributed by atoms with Crippen molar-refractivity contribution in [2.45, 2.75) is 31.3 Å². The van der Waals surface area contributed by atoms with Gasteiger partial charge in [0.05, 0.1) is 13.2 Å². The molecule has 23 heavy (non-hydrogen) atoms. The molecule has 2 aromatic carbocycles. The van der Waals surface area contributed by atoms with Crippen LogP contribution in [-0.2, 0) is 6.54 Å². The van der Waals surface area contributed by atoms with Crippen LogP contribution in [0.2, 0.25) is 0 Å². The van der Waals surface area contributed by atoms with Gasteiger partial charge in [0, 0.05) is 24.9 Å². The van der Waals surface area contributed by atoms with E-state index in [1.807, 2.05) is 6.07 Å². The Morgan fingerprint density at radius 2 is 1.74 bits per heavy atom. The fourth-order valence-corrected chi connectivity index (χ4v) is 3.06. The van der Waals surface area contributed by atoms with E-state index in [0.29, 0.717) is 12.0 Å². The molecule has 2 aliphatic rings. The molecule has 0 aromatic heterocycles. The minimum atomic E-state index is 0. The Hall–Kier alpha value is -1.71. The van der Waals surface area contributed by atoms with Crippen LogP contribution in [0.25, 0.3) is 0 Å². The highest BCUT2D eigenvalue weighted by molar-refractivity contribution is 5.85. The third-order valence-corrected chi connectivity index (χ3v) is 4.40. The van der Waals surface area contributed by atoms with Gasteiger partial charge in [-0.25, -0.2) is 0 Å². The number of benzene rings is 2. The Morgan fingerprint density at radius 3 is 2.57 bits per heavy atom. The first-order valence-electron chi connectivity index (χ1n) is 8.07. The molecule has 1 saturated carbocycles. The highest BCUT2D eigenvalue weighted by Gasteiger charge is 2.37. The van der Waals surface area contributed by atoms with Crippen molar-refractivity contribution in [1.29, 1.82) is 0 Å². The van der Waals surface area contributed by atoms with Crippen molar-refractivity contribution >= 4 is 12.4 Å². The number of hydrogen-bond donors (Lipinski definition) is 1. The first-order chi connectivity index (χ1) is 10.9. The van der Waals surface area contributed by atoms with Crippen LogP contribution < -0.4 is 14.8 Å². The number of halogens is 1. The summed E-state index contributed by atoms with van der Waals surface area (Å²) in [5.41, 5.74) is 2.70. The second-order valence-corrected chi connectivity index (χ2v) is 6.07. The minimum absolute atomic E-state index is 0. The lowest BCUT2D eigenvalue weighted by Crippen LogP contribution is -2.17. The number of nitrogens with one attached hydrogen (secondary N) is 1. The van der Waals surface area contributed by atoms with Crippen LogP contribution >= 0.6 is 12.4 Å². The molecular weight excluding hydrogens is 310 g/mol. The molecule has 1 N–H and O–H groups in total. The monoisotopic (exact) mass is 331 g/mol. The Bertz CT molecular complexity index is 647. The molecule has 3 nitrogen and oxygen atoms in total. The highest BCUT2D eigenvalue weighted by Crippen LogP contribution is 2.41. The summed E-state index contributed by atoms with van der Waals surface area (Å²) in [6.45, 7) is 2.36. The summed E-state index contributed by atoms with van der Waals surface area (Å²) >= 11 is 0. The molecule has 0 amide bonds. The van der Waals surface area contributed by atoms with Crippen molar-refractivity contribution in [3.05, 3.63) is 59.7 Å². The average molecular weight is 332 g/mol. The van der Waals surface area contributed by atoms with Gasteiger partial charge < -0.3 is 14.8 Å². The van der Waals surface area contributed by atoms with Gasteiger partial charge in [-0.2, -0.15) is 0 Å². The lowest BCUT2D eigenvalue weighted by atomic mass is 10.1. The number of ether oxygens (including phenoxy) is 2. The highest BCUT2D eigenvalue weighted by atomic mass is 35.5. The maximum Gasteiger partial charge on any atom is 0.161 e. The SMILES string of the molecule is Cl.c1ccc(C2C[C@@H]2NCc2ccc3c(c2)OCCCO3)cc1. The van der Waals surface area contributed by atoms with Crippen LogP contribution in [0.1, 0.15) is 29.9 Å². The summed E-state index contributed by atoms with van der Waals surface area (Å²) in [5.74, 6) is 2.42. The molecule has 0 saturated heterocycles. The smallest absolute Gasteiger partial charge is 0.161 e. The van der Waals surface area contributed by atoms with Gasteiger partial charge >= 0.3 is 0 Å². The van der Waals surface area contributed by atoms with Gasteiger partial charge in [-0.05, 0) is 29.7 Å². The molecule has 2 aromatic rings. The van der Waals surface area contributed by atoms with Gasteiger partial charge in [-0.15, -0.1) is 12.4 Å². The van der Waals surface area contributed by atoms with Crippen molar-refractivity contribution in [2.24, 2.45) is 0 Å². The third kappa shape index (κ3) is 3.80. The minimum Gasteiger partial charge on any atom is -0.490 e. The Morgan fingerprint density at radius 1 is 0.957 bits per heavy atom. The summed E-state index contributed by atoms with van der Waals surface area (Å²) in [6, 6.07) is 17.6. The van der Waals surface area contributed by atoms with E-state index < -0.39 is 0 Å². The second kappa shape index (κ2) is 7.24. The van der Waals surface area contributed by atoms with Gasteiger partial charge in [0.25, 0.3) is 0 Å². The molecule has 0 radical (unpaired) electrons. The van der Waals surface area contributed by atoms with E-state index in [1.165, 1.54) is 17.5 Å². The first-order valence-corrected chi connectivity index (χ1v) is 8.07. The number of fused-ring (bicyclic) bond motifs is 1. The van der Waals surface area contributed by atoms with Crippen LogP contribution in [0.4, 0.5) is 0 Å². The molecule has 122 valence electrons. The molecule has 1 heterocycles. The fraction of sp³-hybridized carbons (Fsp3) is 0.368. The second-order valence-electron chi connectivity index (χ2n) is 6.07. The summed E-state index contributed by atoms with van der Waals surface area (Å²) in [5, 5.41) is 3.65. The van der Waals surface area contributed by atoms with E-state index in [1.54, 1.807) is 0 Å².